The van der Waals surface area contributed by atoms with Gasteiger partial charge >= 0.3 is 5.97 Å². The van der Waals surface area contributed by atoms with E-state index in [1.54, 1.807) is 0 Å². The Bertz CT molecular complexity index is 419. The highest BCUT2D eigenvalue weighted by atomic mass is 16.4. The van der Waals surface area contributed by atoms with E-state index in [2.05, 4.69) is 10.5 Å². The minimum absolute atomic E-state index is 0.200. The molecule has 2 amide bonds. The van der Waals surface area contributed by atoms with Crippen LogP contribution in [0.3, 0.4) is 0 Å². The predicted molar refractivity (Wildman–Crippen MR) is 61.8 cm³/mol. The monoisotopic (exact) mass is 253 g/mol. The van der Waals surface area contributed by atoms with E-state index in [9.17, 15) is 14.4 Å². The maximum Gasteiger partial charge on any atom is 0.308 e. The Labute approximate surface area is 104 Å². The van der Waals surface area contributed by atoms with Crippen LogP contribution in [-0.4, -0.2) is 46.6 Å². The first-order valence-corrected chi connectivity index (χ1v) is 5.95. The van der Waals surface area contributed by atoms with Gasteiger partial charge in [0.1, 0.15) is 5.71 Å². The first-order valence-electron chi connectivity index (χ1n) is 5.95. The largest absolute Gasteiger partial charge is 0.481 e. The summed E-state index contributed by atoms with van der Waals surface area (Å²) in [5.41, 5.74) is 2.58. The van der Waals surface area contributed by atoms with Gasteiger partial charge < -0.3 is 10.0 Å². The molecular formula is C11H15N3O4. The van der Waals surface area contributed by atoms with Gasteiger partial charge in [-0.25, -0.2) is 5.43 Å². The second-order valence-electron chi connectivity index (χ2n) is 4.52. The van der Waals surface area contributed by atoms with Gasteiger partial charge in [0.05, 0.1) is 5.92 Å². The first-order chi connectivity index (χ1) is 8.58. The van der Waals surface area contributed by atoms with Crippen LogP contribution in [0.4, 0.5) is 0 Å². The SMILES string of the molecule is O=C1CCC(C(=O)N2CCCC(C(=O)O)C2)=NN1. The molecule has 1 saturated heterocycles. The number of carbonyl (C=O) groups excluding carboxylic acids is 2. The lowest BCUT2D eigenvalue weighted by Gasteiger charge is -2.31. The van der Waals surface area contributed by atoms with E-state index in [0.29, 0.717) is 31.5 Å². The molecule has 0 radical (unpaired) electrons. The van der Waals surface area contributed by atoms with Gasteiger partial charge in [0.25, 0.3) is 5.91 Å². The molecule has 0 saturated carbocycles. The van der Waals surface area contributed by atoms with Crippen LogP contribution in [0.2, 0.25) is 0 Å². The summed E-state index contributed by atoms with van der Waals surface area (Å²) >= 11 is 0. The summed E-state index contributed by atoms with van der Waals surface area (Å²) in [6.07, 6.45) is 1.85. The molecule has 0 spiro atoms. The fourth-order valence-corrected chi connectivity index (χ4v) is 2.17. The van der Waals surface area contributed by atoms with Crippen LogP contribution in [0.5, 0.6) is 0 Å². The molecule has 1 fully saturated rings. The number of carboxylic acids is 1. The van der Waals surface area contributed by atoms with Crippen molar-refractivity contribution in [3.63, 3.8) is 0 Å². The highest BCUT2D eigenvalue weighted by molar-refractivity contribution is 6.39. The molecular weight excluding hydrogens is 238 g/mol. The van der Waals surface area contributed by atoms with Gasteiger partial charge in [0, 0.05) is 25.9 Å². The van der Waals surface area contributed by atoms with Crippen LogP contribution in [0.1, 0.15) is 25.7 Å². The molecule has 2 heterocycles. The number of likely N-dealkylation sites (tertiary alicyclic amines) is 1. The highest BCUT2D eigenvalue weighted by Crippen LogP contribution is 2.17. The fraction of sp³-hybridized carbons (Fsp3) is 0.636. The standard InChI is InChI=1S/C11H15N3O4/c15-9-4-3-8(12-13-9)10(16)14-5-1-2-7(6-14)11(17)18/h7H,1-6H2,(H,13,15)(H,17,18). The molecule has 1 atom stereocenters. The normalized spacial score (nSPS) is 24.2. The van der Waals surface area contributed by atoms with Crippen LogP contribution in [0.25, 0.3) is 0 Å². The third-order valence-electron chi connectivity index (χ3n) is 3.21. The topological polar surface area (TPSA) is 99.1 Å². The van der Waals surface area contributed by atoms with Gasteiger partial charge in [-0.2, -0.15) is 5.10 Å². The number of aliphatic carboxylic acids is 1. The Morgan fingerprint density at radius 3 is 2.78 bits per heavy atom. The molecule has 98 valence electrons. The Hall–Kier alpha value is -1.92. The summed E-state index contributed by atoms with van der Waals surface area (Å²) in [4.78, 5) is 35.4. The number of carboxylic acid groups (broad SMARTS) is 1. The number of hydrazone groups is 1. The molecule has 2 aliphatic rings. The minimum atomic E-state index is -0.869. The third-order valence-corrected chi connectivity index (χ3v) is 3.21. The number of nitrogens with one attached hydrogen (secondary N) is 1. The molecule has 2 N–H and O–H groups in total. The summed E-state index contributed by atoms with van der Waals surface area (Å²) in [7, 11) is 0. The maximum atomic E-state index is 12.1. The van der Waals surface area contributed by atoms with Crippen molar-refractivity contribution in [3.05, 3.63) is 0 Å². The molecule has 7 nitrogen and oxygen atoms in total. The molecule has 7 heteroatoms. The predicted octanol–water partition coefficient (Wildman–Crippen LogP) is -0.424. The quantitative estimate of drug-likeness (QED) is 0.697. The van der Waals surface area contributed by atoms with Crippen molar-refractivity contribution in [2.75, 3.05) is 13.1 Å². The van der Waals surface area contributed by atoms with Gasteiger partial charge in [-0.1, -0.05) is 0 Å². The molecule has 0 aliphatic carbocycles. The lowest BCUT2D eigenvalue weighted by molar-refractivity contribution is -0.144. The zero-order chi connectivity index (χ0) is 13.1. The molecule has 0 aromatic rings. The van der Waals surface area contributed by atoms with Gasteiger partial charge in [-0.15, -0.1) is 0 Å². The van der Waals surface area contributed by atoms with Crippen LogP contribution in [-0.2, 0) is 14.4 Å². The summed E-state index contributed by atoms with van der Waals surface area (Å²) in [6, 6.07) is 0. The smallest absolute Gasteiger partial charge is 0.308 e. The Balaban J connectivity index is 2.00. The Kier molecular flexibility index (Phi) is 3.59. The second-order valence-corrected chi connectivity index (χ2v) is 4.52. The molecule has 1 unspecified atom stereocenters. The number of amides is 2. The van der Waals surface area contributed by atoms with Gasteiger partial charge in [0.15, 0.2) is 0 Å². The molecule has 2 rings (SSSR count). The van der Waals surface area contributed by atoms with Crippen LogP contribution >= 0.6 is 0 Å². The van der Waals surface area contributed by atoms with Gasteiger partial charge in [-0.05, 0) is 12.8 Å². The van der Waals surface area contributed by atoms with E-state index in [0.717, 1.165) is 0 Å². The van der Waals surface area contributed by atoms with Crippen molar-refractivity contribution in [1.82, 2.24) is 10.3 Å². The molecule has 2 aliphatic heterocycles. The van der Waals surface area contributed by atoms with E-state index < -0.39 is 11.9 Å². The summed E-state index contributed by atoms with van der Waals surface area (Å²) in [5.74, 6) is -1.83. The van der Waals surface area contributed by atoms with E-state index in [1.165, 1.54) is 4.90 Å². The van der Waals surface area contributed by atoms with E-state index in [-0.39, 0.29) is 24.8 Å². The van der Waals surface area contributed by atoms with Crippen LogP contribution < -0.4 is 5.43 Å². The van der Waals surface area contributed by atoms with Gasteiger partial charge in [-0.3, -0.25) is 14.4 Å². The zero-order valence-electron chi connectivity index (χ0n) is 9.89. The van der Waals surface area contributed by atoms with Crippen LogP contribution in [0, 0.1) is 5.92 Å². The summed E-state index contributed by atoms with van der Waals surface area (Å²) < 4.78 is 0. The van der Waals surface area contributed by atoms with Crippen LogP contribution in [0.15, 0.2) is 5.10 Å². The average molecular weight is 253 g/mol. The lowest BCUT2D eigenvalue weighted by atomic mass is 9.97. The van der Waals surface area contributed by atoms with E-state index in [1.807, 2.05) is 0 Å². The number of carbonyl (C=O) groups is 3. The summed E-state index contributed by atoms with van der Waals surface area (Å²) in [6.45, 7) is 0.775. The van der Waals surface area contributed by atoms with Crippen molar-refractivity contribution in [3.8, 4) is 0 Å². The first kappa shape index (κ1) is 12.5. The summed E-state index contributed by atoms with van der Waals surface area (Å²) in [5, 5.41) is 12.7. The van der Waals surface area contributed by atoms with Crippen molar-refractivity contribution in [2.24, 2.45) is 11.0 Å². The molecule has 0 bridgehead atoms. The van der Waals surface area contributed by atoms with Crippen molar-refractivity contribution < 1.29 is 19.5 Å². The number of hydrogen-bond donors (Lipinski definition) is 2. The highest BCUT2D eigenvalue weighted by Gasteiger charge is 2.31. The zero-order valence-corrected chi connectivity index (χ0v) is 9.89. The molecule has 18 heavy (non-hydrogen) atoms. The molecule has 0 aromatic heterocycles. The maximum absolute atomic E-state index is 12.1. The average Bonchev–Trinajstić information content (AvgIpc) is 2.39. The third kappa shape index (κ3) is 2.66. The number of piperidine rings is 1. The van der Waals surface area contributed by atoms with Crippen molar-refractivity contribution >= 4 is 23.5 Å². The van der Waals surface area contributed by atoms with Crippen molar-refractivity contribution in [1.29, 1.82) is 0 Å². The number of hydrogen-bond acceptors (Lipinski definition) is 4. The van der Waals surface area contributed by atoms with Crippen molar-refractivity contribution in [2.45, 2.75) is 25.7 Å². The minimum Gasteiger partial charge on any atom is -0.481 e. The van der Waals surface area contributed by atoms with E-state index in [4.69, 9.17) is 5.11 Å². The number of rotatable bonds is 2. The van der Waals surface area contributed by atoms with Gasteiger partial charge in [0.2, 0.25) is 5.91 Å². The lowest BCUT2D eigenvalue weighted by Crippen LogP contribution is -2.46. The molecule has 0 aromatic carbocycles. The van der Waals surface area contributed by atoms with E-state index >= 15 is 0 Å². The fourth-order valence-electron chi connectivity index (χ4n) is 2.17. The second kappa shape index (κ2) is 5.16. The Morgan fingerprint density at radius 2 is 2.17 bits per heavy atom. The Morgan fingerprint density at radius 1 is 1.39 bits per heavy atom. The number of nitrogens with zero attached hydrogens (tertiary/aromatic N) is 2.